The molecule has 0 aliphatic heterocycles. The number of benzene rings is 1. The normalized spacial score (nSPS) is 12.6. The van der Waals surface area contributed by atoms with Crippen molar-refractivity contribution in [1.82, 2.24) is 9.78 Å². The fourth-order valence-corrected chi connectivity index (χ4v) is 1.78. The molecular formula is C13H16FN3. The van der Waals surface area contributed by atoms with Crippen LogP contribution in [0.5, 0.6) is 0 Å². The van der Waals surface area contributed by atoms with Crippen molar-refractivity contribution in [2.45, 2.75) is 25.9 Å². The Balaban J connectivity index is 2.08. The van der Waals surface area contributed by atoms with Crippen LogP contribution < -0.4 is 5.73 Å². The molecule has 0 saturated carbocycles. The molecule has 0 saturated heterocycles. The summed E-state index contributed by atoms with van der Waals surface area (Å²) in [5, 5.41) is 4.18. The van der Waals surface area contributed by atoms with Gasteiger partial charge in [0.05, 0.1) is 6.20 Å². The van der Waals surface area contributed by atoms with E-state index in [1.54, 1.807) is 12.3 Å². The molecule has 1 aromatic heterocycles. The van der Waals surface area contributed by atoms with Gasteiger partial charge in [-0.1, -0.05) is 12.1 Å². The zero-order chi connectivity index (χ0) is 12.3. The first kappa shape index (κ1) is 11.8. The Kier molecular flexibility index (Phi) is 3.54. The van der Waals surface area contributed by atoms with Crippen molar-refractivity contribution in [3.05, 3.63) is 53.6 Å². The Morgan fingerprint density at radius 1 is 1.47 bits per heavy atom. The van der Waals surface area contributed by atoms with E-state index in [1.165, 1.54) is 12.1 Å². The molecule has 2 aromatic rings. The Bertz CT molecular complexity index is 493. The van der Waals surface area contributed by atoms with E-state index in [1.807, 2.05) is 23.9 Å². The summed E-state index contributed by atoms with van der Waals surface area (Å²) in [7, 11) is 0. The molecule has 1 unspecified atom stereocenters. The maximum absolute atomic E-state index is 13.0. The third kappa shape index (κ3) is 2.91. The maximum atomic E-state index is 13.0. The molecule has 2 N–H and O–H groups in total. The van der Waals surface area contributed by atoms with Gasteiger partial charge >= 0.3 is 0 Å². The van der Waals surface area contributed by atoms with Gasteiger partial charge in [0.2, 0.25) is 0 Å². The lowest BCUT2D eigenvalue weighted by Crippen LogP contribution is -2.12. The van der Waals surface area contributed by atoms with Crippen molar-refractivity contribution in [2.24, 2.45) is 5.73 Å². The van der Waals surface area contributed by atoms with Crippen molar-refractivity contribution >= 4 is 0 Å². The van der Waals surface area contributed by atoms with Crippen molar-refractivity contribution in [2.75, 3.05) is 0 Å². The zero-order valence-corrected chi connectivity index (χ0v) is 9.81. The van der Waals surface area contributed by atoms with Crippen molar-refractivity contribution in [3.8, 4) is 0 Å². The number of nitrogens with zero attached hydrogens (tertiary/aromatic N) is 2. The molecule has 0 spiro atoms. The minimum atomic E-state index is -0.223. The van der Waals surface area contributed by atoms with Crippen LogP contribution in [0.3, 0.4) is 0 Å². The maximum Gasteiger partial charge on any atom is 0.123 e. The molecule has 0 radical (unpaired) electrons. The topological polar surface area (TPSA) is 43.8 Å². The van der Waals surface area contributed by atoms with Gasteiger partial charge in [-0.3, -0.25) is 4.68 Å². The molecule has 17 heavy (non-hydrogen) atoms. The second-order valence-electron chi connectivity index (χ2n) is 4.07. The summed E-state index contributed by atoms with van der Waals surface area (Å²) >= 11 is 0. The quantitative estimate of drug-likeness (QED) is 0.880. The molecule has 0 aliphatic carbocycles. The third-order valence-corrected chi connectivity index (χ3v) is 2.75. The lowest BCUT2D eigenvalue weighted by molar-refractivity contribution is 0.621. The van der Waals surface area contributed by atoms with Gasteiger partial charge in [0, 0.05) is 24.3 Å². The average molecular weight is 233 g/mol. The highest BCUT2D eigenvalue weighted by atomic mass is 19.1. The van der Waals surface area contributed by atoms with Crippen molar-refractivity contribution in [3.63, 3.8) is 0 Å². The highest BCUT2D eigenvalue weighted by Crippen LogP contribution is 2.16. The summed E-state index contributed by atoms with van der Waals surface area (Å²) in [4.78, 5) is 0. The van der Waals surface area contributed by atoms with Crippen LogP contribution in [-0.4, -0.2) is 9.78 Å². The molecule has 4 heteroatoms. The first-order valence-electron chi connectivity index (χ1n) is 5.71. The molecule has 3 nitrogen and oxygen atoms in total. The summed E-state index contributed by atoms with van der Waals surface area (Å²) in [6, 6.07) is 6.39. The number of aromatic nitrogens is 2. The first-order valence-corrected chi connectivity index (χ1v) is 5.71. The average Bonchev–Trinajstić information content (AvgIpc) is 2.77. The van der Waals surface area contributed by atoms with Crippen LogP contribution in [0.2, 0.25) is 0 Å². The molecule has 0 fully saturated rings. The van der Waals surface area contributed by atoms with Gasteiger partial charge in [-0.2, -0.15) is 5.10 Å². The number of hydrogen-bond donors (Lipinski definition) is 1. The van der Waals surface area contributed by atoms with Crippen LogP contribution in [0.1, 0.15) is 24.1 Å². The summed E-state index contributed by atoms with van der Waals surface area (Å²) in [6.45, 7) is 2.85. The monoisotopic (exact) mass is 233 g/mol. The molecule has 1 aromatic carbocycles. The summed E-state index contributed by atoms with van der Waals surface area (Å²) in [5.41, 5.74) is 7.96. The standard InChI is InChI=1S/C13H16FN3/c1-2-17-9-11(8-16-17)13(15)7-10-4-3-5-12(14)6-10/h3-6,8-9,13H,2,7,15H2,1H3. The van der Waals surface area contributed by atoms with E-state index >= 15 is 0 Å². The largest absolute Gasteiger partial charge is 0.324 e. The minimum Gasteiger partial charge on any atom is -0.324 e. The Morgan fingerprint density at radius 2 is 2.29 bits per heavy atom. The fourth-order valence-electron chi connectivity index (χ4n) is 1.78. The van der Waals surface area contributed by atoms with Crippen LogP contribution in [0.25, 0.3) is 0 Å². The van der Waals surface area contributed by atoms with Gasteiger partial charge in [0.25, 0.3) is 0 Å². The number of aryl methyl sites for hydroxylation is 1. The van der Waals surface area contributed by atoms with E-state index in [0.717, 1.165) is 17.7 Å². The van der Waals surface area contributed by atoms with Gasteiger partial charge in [0.1, 0.15) is 5.82 Å². The molecule has 90 valence electrons. The van der Waals surface area contributed by atoms with Gasteiger partial charge in [0.15, 0.2) is 0 Å². The van der Waals surface area contributed by atoms with Crippen LogP contribution in [0.15, 0.2) is 36.7 Å². The second-order valence-corrected chi connectivity index (χ2v) is 4.07. The number of nitrogens with two attached hydrogens (primary N) is 1. The highest BCUT2D eigenvalue weighted by molar-refractivity contribution is 5.20. The number of halogens is 1. The summed E-state index contributed by atoms with van der Waals surface area (Å²) < 4.78 is 14.9. The minimum absolute atomic E-state index is 0.142. The molecule has 1 atom stereocenters. The number of rotatable bonds is 4. The first-order chi connectivity index (χ1) is 8.19. The van der Waals surface area contributed by atoms with E-state index in [4.69, 9.17) is 5.73 Å². The Hall–Kier alpha value is -1.68. The molecule has 2 rings (SSSR count). The molecule has 0 amide bonds. The fraction of sp³-hybridized carbons (Fsp3) is 0.308. The SMILES string of the molecule is CCn1cc(C(N)Cc2cccc(F)c2)cn1. The van der Waals surface area contributed by atoms with Crippen LogP contribution >= 0.6 is 0 Å². The van der Waals surface area contributed by atoms with E-state index in [0.29, 0.717) is 6.42 Å². The third-order valence-electron chi connectivity index (χ3n) is 2.75. The Labute approximate surface area is 100 Å². The molecule has 1 heterocycles. The second kappa shape index (κ2) is 5.10. The van der Waals surface area contributed by atoms with Crippen molar-refractivity contribution in [1.29, 1.82) is 0 Å². The van der Waals surface area contributed by atoms with E-state index in [9.17, 15) is 4.39 Å². The van der Waals surface area contributed by atoms with Gasteiger partial charge in [-0.15, -0.1) is 0 Å². The lowest BCUT2D eigenvalue weighted by Gasteiger charge is -2.09. The smallest absolute Gasteiger partial charge is 0.123 e. The molecule has 0 bridgehead atoms. The predicted molar refractivity (Wildman–Crippen MR) is 64.9 cm³/mol. The summed E-state index contributed by atoms with van der Waals surface area (Å²) in [6.07, 6.45) is 4.32. The van der Waals surface area contributed by atoms with Gasteiger partial charge < -0.3 is 5.73 Å². The van der Waals surface area contributed by atoms with Crippen LogP contribution in [0, 0.1) is 5.82 Å². The molecular weight excluding hydrogens is 217 g/mol. The lowest BCUT2D eigenvalue weighted by atomic mass is 10.0. The van der Waals surface area contributed by atoms with Crippen LogP contribution in [0.4, 0.5) is 4.39 Å². The van der Waals surface area contributed by atoms with E-state index in [2.05, 4.69) is 5.10 Å². The Morgan fingerprint density at radius 3 is 2.94 bits per heavy atom. The summed E-state index contributed by atoms with van der Waals surface area (Å²) in [5.74, 6) is -0.223. The van der Waals surface area contributed by atoms with Crippen LogP contribution in [-0.2, 0) is 13.0 Å². The highest BCUT2D eigenvalue weighted by Gasteiger charge is 2.09. The van der Waals surface area contributed by atoms with Gasteiger partial charge in [-0.25, -0.2) is 4.39 Å². The van der Waals surface area contributed by atoms with E-state index < -0.39 is 0 Å². The molecule has 0 aliphatic rings. The number of hydrogen-bond acceptors (Lipinski definition) is 2. The van der Waals surface area contributed by atoms with E-state index in [-0.39, 0.29) is 11.9 Å². The zero-order valence-electron chi connectivity index (χ0n) is 9.81. The predicted octanol–water partition coefficient (Wildman–Crippen LogP) is 2.28. The van der Waals surface area contributed by atoms with Gasteiger partial charge in [-0.05, 0) is 31.0 Å². The van der Waals surface area contributed by atoms with Crippen molar-refractivity contribution < 1.29 is 4.39 Å².